The molecule has 32 heavy (non-hydrogen) atoms. The predicted molar refractivity (Wildman–Crippen MR) is 136 cm³/mol. The van der Waals surface area contributed by atoms with Gasteiger partial charge in [0.2, 0.25) is 5.91 Å². The molecule has 1 heterocycles. The highest BCUT2D eigenvalue weighted by molar-refractivity contribution is 9.10. The van der Waals surface area contributed by atoms with Crippen LogP contribution in [0, 0.1) is 11.8 Å². The number of hydrogen-bond donors (Lipinski definition) is 0. The molecule has 0 radical (unpaired) electrons. The van der Waals surface area contributed by atoms with Crippen LogP contribution in [0.25, 0.3) is 0 Å². The Morgan fingerprint density at radius 3 is 2.53 bits per heavy atom. The number of piperidine rings is 1. The molecular weight excluding hydrogens is 488 g/mol. The molecule has 0 bridgehead atoms. The summed E-state index contributed by atoms with van der Waals surface area (Å²) < 4.78 is 6.37. The smallest absolute Gasteiger partial charge is 0.219 e. The maximum atomic E-state index is 12.0. The molecule has 180 valence electrons. The molecule has 1 amide bonds. The molecule has 4 nitrogen and oxygen atoms in total. The topological polar surface area (TPSA) is 32.8 Å². The van der Waals surface area contributed by atoms with Gasteiger partial charge in [-0.1, -0.05) is 27.5 Å². The van der Waals surface area contributed by atoms with Gasteiger partial charge in [0.15, 0.2) is 0 Å². The van der Waals surface area contributed by atoms with Crippen LogP contribution in [0.1, 0.15) is 63.9 Å². The van der Waals surface area contributed by atoms with E-state index in [1.54, 1.807) is 14.0 Å². The second-order valence-electron chi connectivity index (χ2n) is 9.75. The number of carbonyl (C=O) groups is 1. The standard InChI is InChI=1S/C26H40BrClN2O2/c1-20(31)30(16-17-32-2)25-8-5-21(6-9-25)4-3-13-29-14-11-22(12-15-29)18-23-19-24(28)7-10-26(23)27/h7,10,19,21-22,25H,3-6,8-9,11-18H2,1-2H3. The monoisotopic (exact) mass is 526 g/mol. The minimum absolute atomic E-state index is 0.191. The van der Waals surface area contributed by atoms with Gasteiger partial charge in [-0.15, -0.1) is 0 Å². The number of ether oxygens (including phenoxy) is 1. The average Bonchev–Trinajstić information content (AvgIpc) is 2.78. The first kappa shape index (κ1) is 26.0. The number of halogens is 2. The van der Waals surface area contributed by atoms with Gasteiger partial charge >= 0.3 is 0 Å². The van der Waals surface area contributed by atoms with Crippen molar-refractivity contribution in [3.05, 3.63) is 33.3 Å². The first-order valence-electron chi connectivity index (χ1n) is 12.4. The van der Waals surface area contributed by atoms with Gasteiger partial charge in [0.1, 0.15) is 0 Å². The fourth-order valence-corrected chi connectivity index (χ4v) is 6.16. The molecule has 1 aromatic rings. The van der Waals surface area contributed by atoms with Crippen molar-refractivity contribution in [1.29, 1.82) is 0 Å². The zero-order valence-electron chi connectivity index (χ0n) is 19.8. The molecule has 1 saturated heterocycles. The first-order chi connectivity index (χ1) is 15.5. The van der Waals surface area contributed by atoms with E-state index in [2.05, 4.69) is 33.0 Å². The third-order valence-corrected chi connectivity index (χ3v) is 8.52. The number of methoxy groups -OCH3 is 1. The summed E-state index contributed by atoms with van der Waals surface area (Å²) in [6.07, 6.45) is 11.2. The summed E-state index contributed by atoms with van der Waals surface area (Å²) in [5.74, 6) is 1.79. The predicted octanol–water partition coefficient (Wildman–Crippen LogP) is 6.19. The van der Waals surface area contributed by atoms with Crippen LogP contribution in [0.4, 0.5) is 0 Å². The second kappa shape index (κ2) is 13.3. The Morgan fingerprint density at radius 1 is 1.16 bits per heavy atom. The molecule has 1 aliphatic carbocycles. The van der Waals surface area contributed by atoms with E-state index >= 15 is 0 Å². The lowest BCUT2D eigenvalue weighted by Crippen LogP contribution is -2.43. The minimum Gasteiger partial charge on any atom is -0.383 e. The fraction of sp³-hybridized carbons (Fsp3) is 0.731. The van der Waals surface area contributed by atoms with Crippen LogP contribution in [-0.2, 0) is 16.0 Å². The Labute approximate surface area is 208 Å². The van der Waals surface area contributed by atoms with Gasteiger partial charge < -0.3 is 14.5 Å². The van der Waals surface area contributed by atoms with Gasteiger partial charge in [0, 0.05) is 36.1 Å². The van der Waals surface area contributed by atoms with Gasteiger partial charge in [-0.25, -0.2) is 0 Å². The molecule has 0 N–H and O–H groups in total. The highest BCUT2D eigenvalue weighted by Crippen LogP contribution is 2.31. The van der Waals surface area contributed by atoms with Crippen molar-refractivity contribution in [3.63, 3.8) is 0 Å². The average molecular weight is 528 g/mol. The van der Waals surface area contributed by atoms with Crippen LogP contribution in [0.15, 0.2) is 22.7 Å². The van der Waals surface area contributed by atoms with Gasteiger partial charge in [-0.05, 0) is 113 Å². The van der Waals surface area contributed by atoms with Gasteiger partial charge in [-0.3, -0.25) is 4.79 Å². The van der Waals surface area contributed by atoms with E-state index in [1.807, 2.05) is 11.0 Å². The molecule has 2 aliphatic rings. The van der Waals surface area contributed by atoms with Crippen molar-refractivity contribution in [2.45, 2.75) is 70.8 Å². The summed E-state index contributed by atoms with van der Waals surface area (Å²) in [6, 6.07) is 6.54. The van der Waals surface area contributed by atoms with Crippen molar-refractivity contribution in [3.8, 4) is 0 Å². The Balaban J connectivity index is 1.31. The van der Waals surface area contributed by atoms with E-state index in [4.69, 9.17) is 16.3 Å². The third kappa shape index (κ3) is 8.00. The summed E-state index contributed by atoms with van der Waals surface area (Å²) in [6.45, 7) is 6.74. The lowest BCUT2D eigenvalue weighted by molar-refractivity contribution is -0.132. The summed E-state index contributed by atoms with van der Waals surface area (Å²) in [7, 11) is 1.70. The van der Waals surface area contributed by atoms with E-state index in [9.17, 15) is 4.79 Å². The number of nitrogens with zero attached hydrogens (tertiary/aromatic N) is 2. The molecule has 0 spiro atoms. The lowest BCUT2D eigenvalue weighted by atomic mass is 9.82. The fourth-order valence-electron chi connectivity index (χ4n) is 5.56. The van der Waals surface area contributed by atoms with Crippen molar-refractivity contribution in [2.75, 3.05) is 39.9 Å². The normalized spacial score (nSPS) is 22.8. The maximum absolute atomic E-state index is 12.0. The summed E-state index contributed by atoms with van der Waals surface area (Å²) in [4.78, 5) is 16.7. The molecule has 1 aromatic carbocycles. The molecule has 0 aromatic heterocycles. The number of carbonyl (C=O) groups excluding carboxylic acids is 1. The van der Waals surface area contributed by atoms with E-state index in [0.717, 1.165) is 42.7 Å². The number of hydrogen-bond acceptors (Lipinski definition) is 3. The molecule has 0 unspecified atom stereocenters. The van der Waals surface area contributed by atoms with Crippen LogP contribution in [0.5, 0.6) is 0 Å². The van der Waals surface area contributed by atoms with E-state index in [1.165, 1.54) is 68.2 Å². The molecule has 6 heteroatoms. The molecule has 2 fully saturated rings. The number of amides is 1. The summed E-state index contributed by atoms with van der Waals surface area (Å²) in [5.41, 5.74) is 1.34. The maximum Gasteiger partial charge on any atom is 0.219 e. The van der Waals surface area contributed by atoms with Crippen LogP contribution < -0.4 is 0 Å². The van der Waals surface area contributed by atoms with Crippen molar-refractivity contribution in [2.24, 2.45) is 11.8 Å². The quantitative estimate of drug-likeness (QED) is 0.364. The second-order valence-corrected chi connectivity index (χ2v) is 11.0. The lowest BCUT2D eigenvalue weighted by Gasteiger charge is -2.37. The van der Waals surface area contributed by atoms with Gasteiger partial charge in [0.25, 0.3) is 0 Å². The molecule has 0 atom stereocenters. The van der Waals surface area contributed by atoms with Crippen LogP contribution in [0.2, 0.25) is 5.02 Å². The Morgan fingerprint density at radius 2 is 1.88 bits per heavy atom. The van der Waals surface area contributed by atoms with Gasteiger partial charge in [0.05, 0.1) is 6.61 Å². The van der Waals surface area contributed by atoms with Crippen LogP contribution >= 0.6 is 27.5 Å². The van der Waals surface area contributed by atoms with Crippen molar-refractivity contribution < 1.29 is 9.53 Å². The van der Waals surface area contributed by atoms with Crippen molar-refractivity contribution >= 4 is 33.4 Å². The zero-order valence-corrected chi connectivity index (χ0v) is 22.2. The Kier molecular flexibility index (Phi) is 10.8. The molecule has 3 rings (SSSR count). The molecular formula is C26H40BrClN2O2. The van der Waals surface area contributed by atoms with Crippen LogP contribution in [-0.4, -0.2) is 61.6 Å². The Hall–Kier alpha value is -0.620. The minimum atomic E-state index is 0.191. The van der Waals surface area contributed by atoms with E-state index < -0.39 is 0 Å². The molecule has 1 aliphatic heterocycles. The number of rotatable bonds is 10. The van der Waals surface area contributed by atoms with E-state index in [-0.39, 0.29) is 5.91 Å². The summed E-state index contributed by atoms with van der Waals surface area (Å²) >= 11 is 9.86. The molecule has 1 saturated carbocycles. The largest absolute Gasteiger partial charge is 0.383 e. The SMILES string of the molecule is COCCN(C(C)=O)C1CCC(CCCN2CCC(Cc3cc(Cl)ccc3Br)CC2)CC1. The van der Waals surface area contributed by atoms with Crippen molar-refractivity contribution in [1.82, 2.24) is 9.80 Å². The number of likely N-dealkylation sites (tertiary alicyclic amines) is 1. The van der Waals surface area contributed by atoms with E-state index in [0.29, 0.717) is 12.6 Å². The first-order valence-corrected chi connectivity index (χ1v) is 13.6. The van der Waals surface area contributed by atoms with Gasteiger partial charge in [-0.2, -0.15) is 0 Å². The zero-order chi connectivity index (χ0) is 22.9. The summed E-state index contributed by atoms with van der Waals surface area (Å²) in [5, 5.41) is 0.832. The highest BCUT2D eigenvalue weighted by atomic mass is 79.9. The number of benzene rings is 1. The van der Waals surface area contributed by atoms with Crippen LogP contribution in [0.3, 0.4) is 0 Å². The highest BCUT2D eigenvalue weighted by Gasteiger charge is 2.27. The Bertz CT molecular complexity index is 716. The third-order valence-electron chi connectivity index (χ3n) is 7.51.